The number of carbonyl (C=O) groups is 1. The molecule has 6 heteroatoms. The molecule has 0 fully saturated rings. The number of carboxylic acid groups (broad SMARTS) is 1. The van der Waals surface area contributed by atoms with Crippen LogP contribution < -0.4 is 5.32 Å². The highest BCUT2D eigenvalue weighted by Crippen LogP contribution is 2.22. The maximum atomic E-state index is 10.6. The van der Waals surface area contributed by atoms with Crippen LogP contribution in [0.4, 0.5) is 11.7 Å². The highest BCUT2D eigenvalue weighted by Gasteiger charge is 2.10. The third-order valence-electron chi connectivity index (χ3n) is 2.02. The number of hydrogen-bond donors (Lipinski definition) is 2. The smallest absolute Gasteiger partial charge is 0.357 e. The number of nitrogens with one attached hydrogen (secondary N) is 1. The number of halogens is 1. The molecular weight excluding hydrogens is 288 g/mol. The Morgan fingerprint density at radius 3 is 2.82 bits per heavy atom. The number of aromatic carboxylic acids is 1. The molecule has 1 aromatic carbocycles. The minimum absolute atomic E-state index is 0.126. The van der Waals surface area contributed by atoms with E-state index >= 15 is 0 Å². The fourth-order valence-electron chi connectivity index (χ4n) is 1.36. The topological polar surface area (TPSA) is 75.4 Å². The van der Waals surface area contributed by atoms with Crippen LogP contribution >= 0.6 is 15.9 Å². The fraction of sp³-hybridized carbons (Fsp3) is 0.0909. The van der Waals surface area contributed by atoms with Crippen molar-refractivity contribution in [3.8, 4) is 0 Å². The number of oxazole rings is 1. The molecule has 0 bridgehead atoms. The molecule has 0 saturated carbocycles. The standard InChI is InChI=1S/C11H9BrN2O3/c1-6-2-7(12)4-8(3-6)13-11-14-9(5-17-11)10(15)16/h2-5H,1H3,(H,13,14)(H,15,16). The van der Waals surface area contributed by atoms with Gasteiger partial charge in [-0.2, -0.15) is 4.98 Å². The Bertz CT molecular complexity index is 545. The minimum atomic E-state index is -1.12. The second kappa shape index (κ2) is 4.58. The Hall–Kier alpha value is -1.82. The van der Waals surface area contributed by atoms with E-state index in [-0.39, 0.29) is 11.7 Å². The van der Waals surface area contributed by atoms with E-state index in [0.717, 1.165) is 22.0 Å². The summed E-state index contributed by atoms with van der Waals surface area (Å²) in [6.45, 7) is 1.95. The van der Waals surface area contributed by atoms with Gasteiger partial charge in [0.25, 0.3) is 6.01 Å². The molecule has 5 nitrogen and oxygen atoms in total. The Morgan fingerprint density at radius 1 is 1.47 bits per heavy atom. The van der Waals surface area contributed by atoms with Crippen LogP contribution in [-0.4, -0.2) is 16.1 Å². The number of anilines is 2. The number of aromatic nitrogens is 1. The maximum Gasteiger partial charge on any atom is 0.357 e. The molecule has 0 atom stereocenters. The van der Waals surface area contributed by atoms with Gasteiger partial charge >= 0.3 is 5.97 Å². The number of carboxylic acids is 1. The van der Waals surface area contributed by atoms with Crippen LogP contribution in [0.1, 0.15) is 16.1 Å². The zero-order valence-corrected chi connectivity index (χ0v) is 10.5. The molecule has 0 amide bonds. The lowest BCUT2D eigenvalue weighted by Gasteiger charge is -2.03. The summed E-state index contributed by atoms with van der Waals surface area (Å²) in [5.74, 6) is -1.12. The summed E-state index contributed by atoms with van der Waals surface area (Å²) >= 11 is 3.37. The molecule has 0 saturated heterocycles. The molecule has 0 unspecified atom stereocenters. The second-order valence-corrected chi connectivity index (χ2v) is 4.40. The van der Waals surface area contributed by atoms with E-state index in [9.17, 15) is 4.79 Å². The van der Waals surface area contributed by atoms with Crippen molar-refractivity contribution in [1.82, 2.24) is 4.98 Å². The first kappa shape index (κ1) is 11.7. The van der Waals surface area contributed by atoms with Gasteiger partial charge in [0.2, 0.25) is 0 Å². The predicted octanol–water partition coefficient (Wildman–Crippen LogP) is 3.19. The van der Waals surface area contributed by atoms with Gasteiger partial charge < -0.3 is 14.8 Å². The molecule has 0 radical (unpaired) electrons. The lowest BCUT2D eigenvalue weighted by atomic mass is 10.2. The predicted molar refractivity (Wildman–Crippen MR) is 65.6 cm³/mol. The van der Waals surface area contributed by atoms with Gasteiger partial charge in [0.05, 0.1) is 0 Å². The van der Waals surface area contributed by atoms with Gasteiger partial charge in [-0.25, -0.2) is 4.79 Å². The lowest BCUT2D eigenvalue weighted by molar-refractivity contribution is 0.0690. The monoisotopic (exact) mass is 296 g/mol. The summed E-state index contributed by atoms with van der Waals surface area (Å²) in [6, 6.07) is 5.86. The molecule has 88 valence electrons. The second-order valence-electron chi connectivity index (χ2n) is 3.49. The normalized spacial score (nSPS) is 10.2. The average Bonchev–Trinajstić information content (AvgIpc) is 2.64. The molecule has 0 aliphatic heterocycles. The van der Waals surface area contributed by atoms with Crippen molar-refractivity contribution in [1.29, 1.82) is 0 Å². The van der Waals surface area contributed by atoms with Crippen LogP contribution in [0.3, 0.4) is 0 Å². The molecule has 2 aromatic rings. The van der Waals surface area contributed by atoms with Crippen molar-refractivity contribution >= 4 is 33.6 Å². The van der Waals surface area contributed by atoms with Gasteiger partial charge in [0.15, 0.2) is 5.69 Å². The summed E-state index contributed by atoms with van der Waals surface area (Å²) in [7, 11) is 0. The Morgan fingerprint density at radius 2 is 2.24 bits per heavy atom. The Labute approximate surface area is 106 Å². The summed E-state index contributed by atoms with van der Waals surface area (Å²) in [5.41, 5.74) is 1.71. The summed E-state index contributed by atoms with van der Waals surface area (Å²) in [5, 5.41) is 11.6. The Balaban J connectivity index is 2.22. The summed E-state index contributed by atoms with van der Waals surface area (Å²) in [4.78, 5) is 14.4. The van der Waals surface area contributed by atoms with Gasteiger partial charge in [-0.15, -0.1) is 0 Å². The van der Waals surface area contributed by atoms with Gasteiger partial charge in [-0.3, -0.25) is 0 Å². The van der Waals surface area contributed by atoms with Crippen LogP contribution in [0.2, 0.25) is 0 Å². The molecule has 2 N–H and O–H groups in total. The van der Waals surface area contributed by atoms with Crippen molar-refractivity contribution < 1.29 is 14.3 Å². The van der Waals surface area contributed by atoms with Crippen LogP contribution in [0, 0.1) is 6.92 Å². The SMILES string of the molecule is Cc1cc(Br)cc(Nc2nc(C(=O)O)co2)c1. The maximum absolute atomic E-state index is 10.6. The number of benzene rings is 1. The number of aryl methyl sites for hydroxylation is 1. The van der Waals surface area contributed by atoms with Gasteiger partial charge in [0, 0.05) is 10.2 Å². The van der Waals surface area contributed by atoms with E-state index in [1.54, 1.807) is 0 Å². The van der Waals surface area contributed by atoms with E-state index in [2.05, 4.69) is 26.2 Å². The Kier molecular flexibility index (Phi) is 3.14. The van der Waals surface area contributed by atoms with E-state index in [4.69, 9.17) is 9.52 Å². The van der Waals surface area contributed by atoms with E-state index in [1.807, 2.05) is 25.1 Å². The minimum Gasteiger partial charge on any atom is -0.476 e. The molecular formula is C11H9BrN2O3. The summed E-state index contributed by atoms with van der Waals surface area (Å²) in [6.07, 6.45) is 1.09. The van der Waals surface area contributed by atoms with Crippen molar-refractivity contribution in [2.24, 2.45) is 0 Å². The van der Waals surface area contributed by atoms with Crippen LogP contribution in [0.5, 0.6) is 0 Å². The zero-order chi connectivity index (χ0) is 12.4. The molecule has 0 aliphatic carbocycles. The first-order chi connectivity index (χ1) is 8.04. The van der Waals surface area contributed by atoms with Gasteiger partial charge in [0.1, 0.15) is 6.26 Å². The third kappa shape index (κ3) is 2.85. The van der Waals surface area contributed by atoms with E-state index in [0.29, 0.717) is 0 Å². The highest BCUT2D eigenvalue weighted by molar-refractivity contribution is 9.10. The van der Waals surface area contributed by atoms with Crippen molar-refractivity contribution in [2.45, 2.75) is 6.92 Å². The molecule has 17 heavy (non-hydrogen) atoms. The quantitative estimate of drug-likeness (QED) is 0.910. The molecule has 2 rings (SSSR count). The van der Waals surface area contributed by atoms with Crippen molar-refractivity contribution in [2.75, 3.05) is 5.32 Å². The van der Waals surface area contributed by atoms with Crippen LogP contribution in [0.15, 0.2) is 33.4 Å². The van der Waals surface area contributed by atoms with Crippen LogP contribution in [-0.2, 0) is 0 Å². The number of hydrogen-bond acceptors (Lipinski definition) is 4. The van der Waals surface area contributed by atoms with Gasteiger partial charge in [-0.1, -0.05) is 15.9 Å². The van der Waals surface area contributed by atoms with Crippen molar-refractivity contribution in [3.63, 3.8) is 0 Å². The highest BCUT2D eigenvalue weighted by atomic mass is 79.9. The third-order valence-corrected chi connectivity index (χ3v) is 2.47. The fourth-order valence-corrected chi connectivity index (χ4v) is 1.97. The van der Waals surface area contributed by atoms with E-state index in [1.165, 1.54) is 0 Å². The first-order valence-electron chi connectivity index (χ1n) is 4.77. The lowest BCUT2D eigenvalue weighted by Crippen LogP contribution is -1.97. The van der Waals surface area contributed by atoms with Gasteiger partial charge in [-0.05, 0) is 30.7 Å². The molecule has 1 heterocycles. The largest absolute Gasteiger partial charge is 0.476 e. The van der Waals surface area contributed by atoms with E-state index < -0.39 is 5.97 Å². The number of nitrogens with zero attached hydrogens (tertiary/aromatic N) is 1. The zero-order valence-electron chi connectivity index (χ0n) is 8.90. The number of rotatable bonds is 3. The average molecular weight is 297 g/mol. The molecule has 0 aliphatic rings. The molecule has 0 spiro atoms. The molecule has 1 aromatic heterocycles. The van der Waals surface area contributed by atoms with Crippen LogP contribution in [0.25, 0.3) is 0 Å². The van der Waals surface area contributed by atoms with Crippen molar-refractivity contribution in [3.05, 3.63) is 40.2 Å². The first-order valence-corrected chi connectivity index (χ1v) is 5.57. The summed E-state index contributed by atoms with van der Waals surface area (Å²) < 4.78 is 5.91.